The number of hydrogen-bond acceptors (Lipinski definition) is 5. The molecule has 0 atom stereocenters. The van der Waals surface area contributed by atoms with E-state index in [2.05, 4.69) is 15.0 Å². The number of nitrogens with two attached hydrogens (primary N) is 1. The van der Waals surface area contributed by atoms with E-state index in [0.29, 0.717) is 0 Å². The minimum absolute atomic E-state index is 0.727. The number of benzene rings is 1. The van der Waals surface area contributed by atoms with E-state index in [1.807, 2.05) is 50.2 Å². The summed E-state index contributed by atoms with van der Waals surface area (Å²) < 4.78 is 0. The second-order valence-corrected chi connectivity index (χ2v) is 5.62. The molecule has 0 saturated carbocycles. The smallest absolute Gasteiger partial charge is 0.194 e. The summed E-state index contributed by atoms with van der Waals surface area (Å²) in [6, 6.07) is 11.6. The molecule has 0 amide bonds. The highest BCUT2D eigenvalue weighted by Gasteiger charge is 2.05. The van der Waals surface area contributed by atoms with Crippen LogP contribution in [0.5, 0.6) is 0 Å². The number of rotatable bonds is 2. The van der Waals surface area contributed by atoms with Gasteiger partial charge < -0.3 is 5.73 Å². The first-order chi connectivity index (χ1) is 9.60. The van der Waals surface area contributed by atoms with Gasteiger partial charge in [-0.2, -0.15) is 0 Å². The Labute approximate surface area is 121 Å². The minimum Gasteiger partial charge on any atom is -0.399 e. The highest BCUT2D eigenvalue weighted by molar-refractivity contribution is 7.99. The van der Waals surface area contributed by atoms with Crippen molar-refractivity contribution in [1.82, 2.24) is 15.0 Å². The van der Waals surface area contributed by atoms with E-state index < -0.39 is 0 Å². The Morgan fingerprint density at radius 1 is 0.900 bits per heavy atom. The van der Waals surface area contributed by atoms with E-state index in [9.17, 15) is 0 Å². The Morgan fingerprint density at radius 2 is 1.65 bits per heavy atom. The van der Waals surface area contributed by atoms with E-state index >= 15 is 0 Å². The van der Waals surface area contributed by atoms with Gasteiger partial charge in [0.15, 0.2) is 5.16 Å². The number of nitrogens with zero attached hydrogens (tertiary/aromatic N) is 3. The Balaban J connectivity index is 1.96. The van der Waals surface area contributed by atoms with Gasteiger partial charge in [-0.1, -0.05) is 6.07 Å². The predicted octanol–water partition coefficient (Wildman–Crippen LogP) is 3.38. The van der Waals surface area contributed by atoms with Crippen molar-refractivity contribution in [3.63, 3.8) is 0 Å². The molecule has 2 aromatic heterocycles. The molecule has 1 aromatic carbocycles. The molecule has 0 radical (unpaired) electrons. The third-order valence-electron chi connectivity index (χ3n) is 2.85. The van der Waals surface area contributed by atoms with Crippen LogP contribution in [-0.4, -0.2) is 15.0 Å². The zero-order chi connectivity index (χ0) is 14.1. The van der Waals surface area contributed by atoms with Crippen molar-refractivity contribution in [2.45, 2.75) is 24.0 Å². The van der Waals surface area contributed by atoms with Crippen LogP contribution in [0, 0.1) is 13.8 Å². The lowest BCUT2D eigenvalue weighted by atomic mass is 10.2. The fourth-order valence-electron chi connectivity index (χ4n) is 2.01. The monoisotopic (exact) mass is 282 g/mol. The number of nitrogen functional groups attached to an aromatic ring is 1. The molecule has 20 heavy (non-hydrogen) atoms. The van der Waals surface area contributed by atoms with Gasteiger partial charge in [0.1, 0.15) is 5.03 Å². The number of hydrogen-bond donors (Lipinski definition) is 1. The molecule has 4 nitrogen and oxygen atoms in total. The molecule has 0 aliphatic rings. The van der Waals surface area contributed by atoms with Gasteiger partial charge in [-0.25, -0.2) is 15.0 Å². The number of aromatic nitrogens is 3. The molecule has 0 spiro atoms. The van der Waals surface area contributed by atoms with Gasteiger partial charge in [-0.05, 0) is 55.9 Å². The summed E-state index contributed by atoms with van der Waals surface area (Å²) in [6.07, 6.45) is 0. The first-order valence-corrected chi connectivity index (χ1v) is 7.08. The standard InChI is InChI=1S/C15H14N4S/c1-9-7-10(2)18-15(17-9)20-14-6-3-11-8-12(16)4-5-13(11)19-14/h3-8H,16H2,1-2H3. The molecule has 2 N–H and O–H groups in total. The number of aryl methyl sites for hydroxylation is 2. The summed E-state index contributed by atoms with van der Waals surface area (Å²) in [5, 5.41) is 2.65. The lowest BCUT2D eigenvalue weighted by Crippen LogP contribution is -1.93. The molecule has 0 bridgehead atoms. The van der Waals surface area contributed by atoms with Gasteiger partial charge in [0.2, 0.25) is 0 Å². The summed E-state index contributed by atoms with van der Waals surface area (Å²) in [7, 11) is 0. The number of fused-ring (bicyclic) bond motifs is 1. The Morgan fingerprint density at radius 3 is 2.40 bits per heavy atom. The van der Waals surface area contributed by atoms with E-state index in [4.69, 9.17) is 5.73 Å². The summed E-state index contributed by atoms with van der Waals surface area (Å²) >= 11 is 1.47. The zero-order valence-corrected chi connectivity index (χ0v) is 12.1. The van der Waals surface area contributed by atoms with Crippen LogP contribution in [0.2, 0.25) is 0 Å². The molecule has 3 rings (SSSR count). The molecule has 0 aliphatic carbocycles. The molecular weight excluding hydrogens is 268 g/mol. The van der Waals surface area contributed by atoms with Crippen LogP contribution in [0.4, 0.5) is 5.69 Å². The molecule has 3 aromatic rings. The second-order valence-electron chi connectivity index (χ2n) is 4.64. The van der Waals surface area contributed by atoms with Gasteiger partial charge in [0, 0.05) is 22.5 Å². The molecule has 0 unspecified atom stereocenters. The average molecular weight is 282 g/mol. The quantitative estimate of drug-likeness (QED) is 0.576. The largest absolute Gasteiger partial charge is 0.399 e. The number of anilines is 1. The maximum Gasteiger partial charge on any atom is 0.194 e. The Kier molecular flexibility index (Phi) is 3.28. The molecule has 2 heterocycles. The number of pyridine rings is 1. The third-order valence-corrected chi connectivity index (χ3v) is 3.65. The fourth-order valence-corrected chi connectivity index (χ4v) is 2.86. The molecule has 0 aliphatic heterocycles. The lowest BCUT2D eigenvalue weighted by molar-refractivity contribution is 0.899. The van der Waals surface area contributed by atoms with Crippen LogP contribution in [0.1, 0.15) is 11.4 Å². The van der Waals surface area contributed by atoms with Crippen LogP contribution in [0.3, 0.4) is 0 Å². The Hall–Kier alpha value is -2.14. The first kappa shape index (κ1) is 12.9. The predicted molar refractivity (Wildman–Crippen MR) is 81.8 cm³/mol. The topological polar surface area (TPSA) is 64.7 Å². The van der Waals surface area contributed by atoms with E-state index in [1.54, 1.807) is 0 Å². The van der Waals surface area contributed by atoms with E-state index in [-0.39, 0.29) is 0 Å². The Bertz CT molecular complexity index is 766. The van der Waals surface area contributed by atoms with Crippen molar-refractivity contribution in [2.75, 3.05) is 5.73 Å². The van der Waals surface area contributed by atoms with Crippen LogP contribution in [0.25, 0.3) is 10.9 Å². The van der Waals surface area contributed by atoms with Crippen LogP contribution in [-0.2, 0) is 0 Å². The van der Waals surface area contributed by atoms with Gasteiger partial charge in [0.05, 0.1) is 5.52 Å². The SMILES string of the molecule is Cc1cc(C)nc(Sc2ccc3cc(N)ccc3n2)n1. The average Bonchev–Trinajstić information content (AvgIpc) is 2.38. The maximum absolute atomic E-state index is 5.77. The van der Waals surface area contributed by atoms with Crippen LogP contribution >= 0.6 is 11.8 Å². The molecule has 0 saturated heterocycles. The summed E-state index contributed by atoms with van der Waals surface area (Å²) in [4.78, 5) is 13.4. The molecule has 5 heteroatoms. The van der Waals surface area contributed by atoms with Gasteiger partial charge in [0.25, 0.3) is 0 Å². The first-order valence-electron chi connectivity index (χ1n) is 6.26. The van der Waals surface area contributed by atoms with Crippen molar-refractivity contribution < 1.29 is 0 Å². The third kappa shape index (κ3) is 2.72. The summed E-state index contributed by atoms with van der Waals surface area (Å²) in [5.74, 6) is 0. The molecular formula is C15H14N4S. The van der Waals surface area contributed by atoms with Crippen molar-refractivity contribution in [2.24, 2.45) is 0 Å². The van der Waals surface area contributed by atoms with E-state index in [0.717, 1.165) is 38.2 Å². The normalized spacial score (nSPS) is 10.9. The van der Waals surface area contributed by atoms with E-state index in [1.165, 1.54) is 11.8 Å². The molecule has 100 valence electrons. The second kappa shape index (κ2) is 5.09. The van der Waals surface area contributed by atoms with Gasteiger partial charge in [-0.3, -0.25) is 0 Å². The highest BCUT2D eigenvalue weighted by Crippen LogP contribution is 2.26. The van der Waals surface area contributed by atoms with Crippen molar-refractivity contribution >= 4 is 28.4 Å². The summed E-state index contributed by atoms with van der Waals surface area (Å²) in [6.45, 7) is 3.94. The van der Waals surface area contributed by atoms with Crippen LogP contribution < -0.4 is 5.73 Å². The van der Waals surface area contributed by atoms with Crippen molar-refractivity contribution in [3.05, 3.63) is 47.8 Å². The minimum atomic E-state index is 0.727. The highest BCUT2D eigenvalue weighted by atomic mass is 32.2. The molecule has 0 fully saturated rings. The fraction of sp³-hybridized carbons (Fsp3) is 0.133. The van der Waals surface area contributed by atoms with Gasteiger partial charge >= 0.3 is 0 Å². The van der Waals surface area contributed by atoms with Crippen LogP contribution in [0.15, 0.2) is 46.6 Å². The van der Waals surface area contributed by atoms with Gasteiger partial charge in [-0.15, -0.1) is 0 Å². The lowest BCUT2D eigenvalue weighted by Gasteiger charge is -2.04. The van der Waals surface area contributed by atoms with Crippen molar-refractivity contribution in [3.8, 4) is 0 Å². The zero-order valence-electron chi connectivity index (χ0n) is 11.3. The van der Waals surface area contributed by atoms with Crippen molar-refractivity contribution in [1.29, 1.82) is 0 Å². The maximum atomic E-state index is 5.77. The summed E-state index contributed by atoms with van der Waals surface area (Å²) in [5.41, 5.74) is 9.37.